The van der Waals surface area contributed by atoms with E-state index in [1.54, 1.807) is 8.61 Å². The molecule has 0 aliphatic heterocycles. The van der Waals surface area contributed by atoms with Crippen molar-refractivity contribution in [3.8, 4) is 0 Å². The summed E-state index contributed by atoms with van der Waals surface area (Å²) in [6.07, 6.45) is 7.13. The lowest BCUT2D eigenvalue weighted by Crippen LogP contribution is -2.59. The van der Waals surface area contributed by atoms with Crippen molar-refractivity contribution in [2.24, 2.45) is 5.73 Å². The van der Waals surface area contributed by atoms with E-state index in [1.165, 1.54) is 12.8 Å². The zero-order valence-corrected chi connectivity index (χ0v) is 14.8. The minimum atomic E-state index is -3.43. The van der Waals surface area contributed by atoms with E-state index >= 15 is 0 Å². The van der Waals surface area contributed by atoms with Crippen molar-refractivity contribution in [1.29, 1.82) is 0 Å². The highest BCUT2D eigenvalue weighted by molar-refractivity contribution is 7.86. The molecular formula is C15H33N3O2S. The molecule has 0 aromatic carbocycles. The Bertz CT molecular complexity index is 386. The summed E-state index contributed by atoms with van der Waals surface area (Å²) in [6, 6.07) is 0. The van der Waals surface area contributed by atoms with Gasteiger partial charge in [-0.2, -0.15) is 17.0 Å². The quantitative estimate of drug-likeness (QED) is 0.698. The van der Waals surface area contributed by atoms with Crippen LogP contribution in [0, 0.1) is 0 Å². The highest BCUT2D eigenvalue weighted by atomic mass is 32.2. The molecule has 6 heteroatoms. The maximum atomic E-state index is 13.1. The molecular weight excluding hydrogens is 286 g/mol. The summed E-state index contributed by atoms with van der Waals surface area (Å²) < 4.78 is 29.4. The molecule has 0 atom stereocenters. The fraction of sp³-hybridized carbons (Fsp3) is 1.00. The molecule has 0 heterocycles. The number of nitrogens with zero attached hydrogens (tertiary/aromatic N) is 2. The van der Waals surface area contributed by atoms with Gasteiger partial charge in [0, 0.05) is 31.7 Å². The molecule has 1 aliphatic rings. The Balaban J connectivity index is 3.18. The molecule has 1 aliphatic carbocycles. The van der Waals surface area contributed by atoms with Gasteiger partial charge in [0.1, 0.15) is 0 Å². The van der Waals surface area contributed by atoms with Crippen molar-refractivity contribution >= 4 is 10.2 Å². The first-order valence-corrected chi connectivity index (χ1v) is 9.86. The van der Waals surface area contributed by atoms with Crippen LogP contribution in [0.25, 0.3) is 0 Å². The monoisotopic (exact) mass is 319 g/mol. The zero-order chi connectivity index (χ0) is 15.9. The van der Waals surface area contributed by atoms with Crippen LogP contribution in [-0.4, -0.2) is 48.7 Å². The highest BCUT2D eigenvalue weighted by Crippen LogP contribution is 2.34. The van der Waals surface area contributed by atoms with Crippen molar-refractivity contribution < 1.29 is 8.42 Å². The number of hydrogen-bond acceptors (Lipinski definition) is 3. The Labute approximate surface area is 131 Å². The SMILES string of the molecule is CCCN(C1(CN)CCCCCC1)S(=O)(=O)N(CC)CC. The number of nitrogens with two attached hydrogens (primary N) is 1. The second-order valence-electron chi connectivity index (χ2n) is 6.01. The summed E-state index contributed by atoms with van der Waals surface area (Å²) in [5, 5.41) is 0. The van der Waals surface area contributed by atoms with Crippen molar-refractivity contribution in [2.45, 2.75) is 71.3 Å². The fourth-order valence-corrected chi connectivity index (χ4v) is 5.52. The van der Waals surface area contributed by atoms with Crippen molar-refractivity contribution in [3.63, 3.8) is 0 Å². The average Bonchev–Trinajstić information content (AvgIpc) is 2.71. The molecule has 0 unspecified atom stereocenters. The summed E-state index contributed by atoms with van der Waals surface area (Å²) in [5.41, 5.74) is 5.71. The van der Waals surface area contributed by atoms with Crippen LogP contribution in [0.4, 0.5) is 0 Å². The molecule has 21 heavy (non-hydrogen) atoms. The summed E-state index contributed by atoms with van der Waals surface area (Å²) in [5.74, 6) is 0. The molecule has 1 rings (SSSR count). The number of rotatable bonds is 8. The van der Waals surface area contributed by atoms with Crippen LogP contribution >= 0.6 is 0 Å². The van der Waals surface area contributed by atoms with Gasteiger partial charge in [-0.05, 0) is 19.3 Å². The van der Waals surface area contributed by atoms with Crippen LogP contribution in [0.5, 0.6) is 0 Å². The minimum Gasteiger partial charge on any atom is -0.329 e. The molecule has 1 fully saturated rings. The standard InChI is InChI=1S/C15H33N3O2S/c1-4-13-18(21(19,20)17(5-2)6-3)15(14-16)11-9-7-8-10-12-15/h4-14,16H2,1-3H3. The Morgan fingerprint density at radius 3 is 1.90 bits per heavy atom. The van der Waals surface area contributed by atoms with Gasteiger partial charge >= 0.3 is 0 Å². The highest BCUT2D eigenvalue weighted by Gasteiger charge is 2.43. The normalized spacial score (nSPS) is 19.9. The molecule has 0 aromatic rings. The van der Waals surface area contributed by atoms with Gasteiger partial charge in [0.15, 0.2) is 0 Å². The molecule has 0 radical (unpaired) electrons. The van der Waals surface area contributed by atoms with Gasteiger partial charge in [-0.3, -0.25) is 0 Å². The first-order chi connectivity index (χ1) is 9.98. The van der Waals surface area contributed by atoms with Gasteiger partial charge in [0.05, 0.1) is 0 Å². The smallest absolute Gasteiger partial charge is 0.282 e. The van der Waals surface area contributed by atoms with E-state index in [0.717, 1.165) is 32.1 Å². The first kappa shape index (κ1) is 18.9. The topological polar surface area (TPSA) is 66.6 Å². The van der Waals surface area contributed by atoms with Crippen LogP contribution in [0.1, 0.15) is 65.7 Å². The van der Waals surface area contributed by atoms with Gasteiger partial charge in [-0.1, -0.05) is 46.5 Å². The second kappa shape index (κ2) is 8.46. The van der Waals surface area contributed by atoms with E-state index < -0.39 is 10.2 Å². The molecule has 0 bridgehead atoms. The average molecular weight is 320 g/mol. The summed E-state index contributed by atoms with van der Waals surface area (Å²) in [4.78, 5) is 0. The third-order valence-corrected chi connectivity index (χ3v) is 6.98. The first-order valence-electron chi connectivity index (χ1n) is 8.46. The van der Waals surface area contributed by atoms with Crippen molar-refractivity contribution in [3.05, 3.63) is 0 Å². The number of hydrogen-bond donors (Lipinski definition) is 1. The third kappa shape index (κ3) is 4.18. The van der Waals surface area contributed by atoms with Gasteiger partial charge in [0.2, 0.25) is 0 Å². The molecule has 5 nitrogen and oxygen atoms in total. The van der Waals surface area contributed by atoms with Crippen LogP contribution < -0.4 is 5.73 Å². The predicted octanol–water partition coefficient (Wildman–Crippen LogP) is 2.34. The Morgan fingerprint density at radius 2 is 1.52 bits per heavy atom. The maximum absolute atomic E-state index is 13.1. The predicted molar refractivity (Wildman–Crippen MR) is 88.3 cm³/mol. The van der Waals surface area contributed by atoms with Gasteiger partial charge < -0.3 is 5.73 Å². The largest absolute Gasteiger partial charge is 0.329 e. The molecule has 0 saturated heterocycles. The Hall–Kier alpha value is -0.170. The molecule has 0 spiro atoms. The summed E-state index contributed by atoms with van der Waals surface area (Å²) in [7, 11) is -3.43. The molecule has 0 aromatic heterocycles. The Kier molecular flexibility index (Phi) is 7.60. The minimum absolute atomic E-state index is 0.381. The molecule has 126 valence electrons. The fourth-order valence-electron chi connectivity index (χ4n) is 3.43. The van der Waals surface area contributed by atoms with Gasteiger partial charge in [-0.15, -0.1) is 0 Å². The third-order valence-electron chi connectivity index (χ3n) is 4.68. The van der Waals surface area contributed by atoms with Crippen LogP contribution in [0.2, 0.25) is 0 Å². The molecule has 2 N–H and O–H groups in total. The van der Waals surface area contributed by atoms with E-state index in [1.807, 2.05) is 20.8 Å². The van der Waals surface area contributed by atoms with E-state index in [0.29, 0.717) is 26.2 Å². The van der Waals surface area contributed by atoms with Crippen LogP contribution in [0.3, 0.4) is 0 Å². The van der Waals surface area contributed by atoms with Crippen molar-refractivity contribution in [1.82, 2.24) is 8.61 Å². The van der Waals surface area contributed by atoms with E-state index in [2.05, 4.69) is 0 Å². The van der Waals surface area contributed by atoms with Crippen LogP contribution in [-0.2, 0) is 10.2 Å². The molecule has 0 amide bonds. The zero-order valence-electron chi connectivity index (χ0n) is 14.0. The van der Waals surface area contributed by atoms with Gasteiger partial charge in [-0.25, -0.2) is 0 Å². The van der Waals surface area contributed by atoms with E-state index in [4.69, 9.17) is 5.73 Å². The summed E-state index contributed by atoms with van der Waals surface area (Å²) in [6.45, 7) is 7.84. The lowest BCUT2D eigenvalue weighted by molar-refractivity contribution is 0.156. The lowest BCUT2D eigenvalue weighted by atomic mass is 9.90. The van der Waals surface area contributed by atoms with Gasteiger partial charge in [0.25, 0.3) is 10.2 Å². The van der Waals surface area contributed by atoms with E-state index in [9.17, 15) is 8.42 Å². The van der Waals surface area contributed by atoms with E-state index in [-0.39, 0.29) is 5.54 Å². The Morgan fingerprint density at radius 1 is 1.00 bits per heavy atom. The maximum Gasteiger partial charge on any atom is 0.282 e. The molecule has 1 saturated carbocycles. The lowest BCUT2D eigenvalue weighted by Gasteiger charge is -2.43. The second-order valence-corrected chi connectivity index (χ2v) is 7.86. The summed E-state index contributed by atoms with van der Waals surface area (Å²) >= 11 is 0. The van der Waals surface area contributed by atoms with Crippen molar-refractivity contribution in [2.75, 3.05) is 26.2 Å². The van der Waals surface area contributed by atoms with Crippen LogP contribution in [0.15, 0.2) is 0 Å².